The van der Waals surface area contributed by atoms with Gasteiger partial charge in [0.15, 0.2) is 0 Å². The number of hydrogen-bond donors (Lipinski definition) is 2. The summed E-state index contributed by atoms with van der Waals surface area (Å²) in [5.74, 6) is 0. The third-order valence-corrected chi connectivity index (χ3v) is 4.08. The number of fused-ring (bicyclic) bond motifs is 1. The Morgan fingerprint density at radius 3 is 2.57 bits per heavy atom. The van der Waals surface area contributed by atoms with Gasteiger partial charge in [-0.25, -0.2) is 0 Å². The number of nitrogens with zero attached hydrogens (tertiary/aromatic N) is 1. The van der Waals surface area contributed by atoms with Gasteiger partial charge in [0, 0.05) is 32.0 Å². The second-order valence-corrected chi connectivity index (χ2v) is 5.80. The lowest BCUT2D eigenvalue weighted by molar-refractivity contribution is 0.637. The summed E-state index contributed by atoms with van der Waals surface area (Å²) in [6.07, 6.45) is 1.10. The van der Waals surface area contributed by atoms with Crippen LogP contribution in [-0.2, 0) is 6.54 Å². The van der Waals surface area contributed by atoms with Gasteiger partial charge in [0.05, 0.1) is 6.04 Å². The molecule has 1 aliphatic rings. The first kappa shape index (κ1) is 14.0. The number of benzene rings is 2. The Labute approximate surface area is 127 Å². The highest BCUT2D eigenvalue weighted by Gasteiger charge is 2.17. The van der Waals surface area contributed by atoms with Crippen molar-refractivity contribution in [3.8, 4) is 0 Å². The average Bonchev–Trinajstić information content (AvgIpc) is 2.71. The van der Waals surface area contributed by atoms with E-state index in [4.69, 9.17) is 0 Å². The van der Waals surface area contributed by atoms with Crippen LogP contribution in [0, 0.1) is 0 Å². The van der Waals surface area contributed by atoms with Crippen LogP contribution in [0.5, 0.6) is 0 Å². The van der Waals surface area contributed by atoms with Crippen LogP contribution in [0.15, 0.2) is 48.5 Å². The van der Waals surface area contributed by atoms with Crippen molar-refractivity contribution in [2.45, 2.75) is 19.0 Å². The smallest absolute Gasteiger partial charge is 0.0529 e. The maximum atomic E-state index is 3.68. The molecule has 1 aliphatic heterocycles. The highest BCUT2D eigenvalue weighted by Crippen LogP contribution is 2.28. The molecule has 3 rings (SSSR count). The summed E-state index contributed by atoms with van der Waals surface area (Å²) in [4.78, 5) is 2.12. The van der Waals surface area contributed by atoms with Gasteiger partial charge in [0.2, 0.25) is 0 Å². The molecule has 3 nitrogen and oxygen atoms in total. The van der Waals surface area contributed by atoms with Crippen LogP contribution in [0.4, 0.5) is 11.4 Å². The molecule has 1 unspecified atom stereocenters. The van der Waals surface area contributed by atoms with Crippen molar-refractivity contribution in [2.24, 2.45) is 0 Å². The predicted molar refractivity (Wildman–Crippen MR) is 89.9 cm³/mol. The van der Waals surface area contributed by atoms with Crippen molar-refractivity contribution in [3.63, 3.8) is 0 Å². The van der Waals surface area contributed by atoms with E-state index >= 15 is 0 Å². The summed E-state index contributed by atoms with van der Waals surface area (Å²) in [5, 5.41) is 7.18. The molecule has 110 valence electrons. The van der Waals surface area contributed by atoms with E-state index in [9.17, 15) is 0 Å². The molecule has 0 amide bonds. The third-order valence-electron chi connectivity index (χ3n) is 4.08. The second-order valence-electron chi connectivity index (χ2n) is 5.80. The molecule has 0 radical (unpaired) electrons. The zero-order valence-electron chi connectivity index (χ0n) is 12.8. The summed E-state index contributed by atoms with van der Waals surface area (Å²) in [6.45, 7) is 2.01. The molecule has 2 aromatic rings. The van der Waals surface area contributed by atoms with Crippen LogP contribution in [0.1, 0.15) is 23.6 Å². The Bertz CT molecular complexity index is 590. The maximum Gasteiger partial charge on any atom is 0.0529 e. The maximum absolute atomic E-state index is 3.68. The molecule has 0 aliphatic carbocycles. The quantitative estimate of drug-likeness (QED) is 0.903. The lowest BCUT2D eigenvalue weighted by atomic mass is 9.99. The van der Waals surface area contributed by atoms with E-state index in [1.54, 1.807) is 0 Å². The summed E-state index contributed by atoms with van der Waals surface area (Å²) in [6, 6.07) is 17.7. The van der Waals surface area contributed by atoms with E-state index in [2.05, 4.69) is 78.2 Å². The molecule has 1 atom stereocenters. The monoisotopic (exact) mass is 281 g/mol. The van der Waals surface area contributed by atoms with E-state index in [0.717, 1.165) is 19.5 Å². The minimum absolute atomic E-state index is 0.376. The van der Waals surface area contributed by atoms with Crippen molar-refractivity contribution in [2.75, 3.05) is 30.9 Å². The normalized spacial score (nSPS) is 17.7. The van der Waals surface area contributed by atoms with Gasteiger partial charge in [-0.2, -0.15) is 0 Å². The summed E-state index contributed by atoms with van der Waals surface area (Å²) < 4.78 is 0. The summed E-state index contributed by atoms with van der Waals surface area (Å²) >= 11 is 0. The third kappa shape index (κ3) is 3.19. The molecular weight excluding hydrogens is 258 g/mol. The molecule has 2 aromatic carbocycles. The fourth-order valence-corrected chi connectivity index (χ4v) is 2.87. The molecule has 1 heterocycles. The molecule has 0 saturated heterocycles. The van der Waals surface area contributed by atoms with Gasteiger partial charge in [-0.3, -0.25) is 0 Å². The lowest BCUT2D eigenvalue weighted by Gasteiger charge is -2.21. The molecule has 21 heavy (non-hydrogen) atoms. The summed E-state index contributed by atoms with van der Waals surface area (Å²) in [7, 11) is 4.13. The Hall–Kier alpha value is -2.00. The molecule has 2 N–H and O–H groups in total. The van der Waals surface area contributed by atoms with Gasteiger partial charge < -0.3 is 15.5 Å². The van der Waals surface area contributed by atoms with Crippen molar-refractivity contribution in [1.29, 1.82) is 0 Å². The molecule has 0 spiro atoms. The van der Waals surface area contributed by atoms with Crippen molar-refractivity contribution < 1.29 is 0 Å². The summed E-state index contributed by atoms with van der Waals surface area (Å²) in [5.41, 5.74) is 5.22. The number of anilines is 2. The first-order valence-corrected chi connectivity index (χ1v) is 7.56. The van der Waals surface area contributed by atoms with Crippen molar-refractivity contribution >= 4 is 11.4 Å². The fraction of sp³-hybridized carbons (Fsp3) is 0.333. The molecule has 0 fully saturated rings. The van der Waals surface area contributed by atoms with Gasteiger partial charge in [-0.05, 0) is 48.4 Å². The molecule has 0 bridgehead atoms. The predicted octanol–water partition coefficient (Wildman–Crippen LogP) is 3.40. The van der Waals surface area contributed by atoms with Gasteiger partial charge >= 0.3 is 0 Å². The van der Waals surface area contributed by atoms with Gasteiger partial charge in [0.25, 0.3) is 0 Å². The van der Waals surface area contributed by atoms with Crippen LogP contribution in [0.2, 0.25) is 0 Å². The van der Waals surface area contributed by atoms with E-state index in [1.807, 2.05) is 0 Å². The fourth-order valence-electron chi connectivity index (χ4n) is 2.87. The van der Waals surface area contributed by atoms with E-state index < -0.39 is 0 Å². The first-order valence-electron chi connectivity index (χ1n) is 7.56. The topological polar surface area (TPSA) is 27.3 Å². The van der Waals surface area contributed by atoms with Crippen LogP contribution < -0.4 is 15.5 Å². The molecule has 0 saturated carbocycles. The van der Waals surface area contributed by atoms with E-state index in [-0.39, 0.29) is 0 Å². The Morgan fingerprint density at radius 2 is 1.81 bits per heavy atom. The van der Waals surface area contributed by atoms with Crippen molar-refractivity contribution in [1.82, 2.24) is 5.32 Å². The Balaban J connectivity index is 1.81. The van der Waals surface area contributed by atoms with E-state index in [0.29, 0.717) is 6.04 Å². The standard InChI is InChI=1S/C18H23N3/c1-21(2)16-9-7-15(8-10-16)20-18-11-12-19-13-14-5-3-4-6-17(14)18/h3-10,18-20H,11-13H2,1-2H3. The Morgan fingerprint density at radius 1 is 1.05 bits per heavy atom. The number of hydrogen-bond acceptors (Lipinski definition) is 3. The first-order chi connectivity index (χ1) is 10.2. The largest absolute Gasteiger partial charge is 0.378 e. The van der Waals surface area contributed by atoms with Crippen molar-refractivity contribution in [3.05, 3.63) is 59.7 Å². The number of rotatable bonds is 3. The highest BCUT2D eigenvalue weighted by molar-refractivity contribution is 5.55. The minimum Gasteiger partial charge on any atom is -0.378 e. The number of nitrogens with one attached hydrogen (secondary N) is 2. The van der Waals surface area contributed by atoms with Gasteiger partial charge in [-0.15, -0.1) is 0 Å². The minimum atomic E-state index is 0.376. The zero-order valence-corrected chi connectivity index (χ0v) is 12.8. The highest BCUT2D eigenvalue weighted by atomic mass is 15.1. The SMILES string of the molecule is CN(C)c1ccc(NC2CCNCc3ccccc32)cc1. The van der Waals surface area contributed by atoms with E-state index in [1.165, 1.54) is 22.5 Å². The Kier molecular flexibility index (Phi) is 4.11. The van der Waals surface area contributed by atoms with Crippen LogP contribution >= 0.6 is 0 Å². The molecule has 3 heteroatoms. The van der Waals surface area contributed by atoms with Crippen LogP contribution in [0.25, 0.3) is 0 Å². The lowest BCUT2D eigenvalue weighted by Crippen LogP contribution is -2.15. The zero-order chi connectivity index (χ0) is 14.7. The second kappa shape index (κ2) is 6.19. The average molecular weight is 281 g/mol. The molecular formula is C18H23N3. The van der Waals surface area contributed by atoms with Gasteiger partial charge in [-0.1, -0.05) is 24.3 Å². The van der Waals surface area contributed by atoms with Crippen LogP contribution in [0.3, 0.4) is 0 Å². The molecule has 0 aromatic heterocycles. The van der Waals surface area contributed by atoms with Crippen LogP contribution in [-0.4, -0.2) is 20.6 Å². The van der Waals surface area contributed by atoms with Gasteiger partial charge in [0.1, 0.15) is 0 Å².